The number of halogens is 8. The van der Waals surface area contributed by atoms with Crippen LogP contribution in [0.5, 0.6) is 5.75 Å². The van der Waals surface area contributed by atoms with E-state index in [1.54, 1.807) is 18.2 Å². The molecule has 9 heteroatoms. The van der Waals surface area contributed by atoms with E-state index in [1.807, 2.05) is 6.92 Å². The van der Waals surface area contributed by atoms with E-state index in [9.17, 15) is 35.1 Å². The van der Waals surface area contributed by atoms with Gasteiger partial charge in [0.2, 0.25) is 0 Å². The number of alkyl halides is 2. The minimum atomic E-state index is -4.30. The molecular weight excluding hydrogens is 504 g/mol. The molecule has 0 saturated carbocycles. The second kappa shape index (κ2) is 10.6. The van der Waals surface area contributed by atoms with Crippen molar-refractivity contribution in [1.82, 2.24) is 0 Å². The first kappa shape index (κ1) is 26.7. The number of hydrogen-bond donors (Lipinski definition) is 0. The van der Waals surface area contributed by atoms with E-state index < -0.39 is 52.3 Å². The van der Waals surface area contributed by atoms with Crippen molar-refractivity contribution in [2.24, 2.45) is 0 Å². The molecule has 0 bridgehead atoms. The molecule has 1 aliphatic carbocycles. The summed E-state index contributed by atoms with van der Waals surface area (Å²) in [6, 6.07) is 6.58. The average Bonchev–Trinajstić information content (AvgIpc) is 2.85. The average molecular weight is 526 g/mol. The van der Waals surface area contributed by atoms with Crippen LogP contribution in [0.25, 0.3) is 5.57 Å². The summed E-state index contributed by atoms with van der Waals surface area (Å²) in [5, 5.41) is 0. The maximum absolute atomic E-state index is 14.7. The molecule has 0 aromatic heterocycles. The molecule has 0 saturated heterocycles. The van der Waals surface area contributed by atoms with Crippen molar-refractivity contribution < 1.29 is 39.9 Å². The fourth-order valence-corrected chi connectivity index (χ4v) is 4.50. The van der Waals surface area contributed by atoms with Crippen molar-refractivity contribution in [3.63, 3.8) is 0 Å². The topological polar surface area (TPSA) is 9.23 Å². The van der Waals surface area contributed by atoms with Crippen molar-refractivity contribution in [2.45, 2.75) is 51.1 Å². The molecule has 0 spiro atoms. The first-order valence-electron chi connectivity index (χ1n) is 11.7. The molecular formula is C28H22F8O. The second-order valence-electron chi connectivity index (χ2n) is 8.91. The Labute approximate surface area is 208 Å². The zero-order chi connectivity index (χ0) is 26.9. The van der Waals surface area contributed by atoms with Crippen molar-refractivity contribution in [3.05, 3.63) is 106 Å². The maximum atomic E-state index is 14.7. The number of ether oxygens (including phenoxy) is 1. The van der Waals surface area contributed by atoms with Gasteiger partial charge >= 0.3 is 6.11 Å². The zero-order valence-corrected chi connectivity index (χ0v) is 19.7. The number of aryl methyl sites for hydroxylation is 1. The second-order valence-corrected chi connectivity index (χ2v) is 8.91. The summed E-state index contributed by atoms with van der Waals surface area (Å²) in [5.41, 5.74) is 0.340. The molecule has 3 aromatic carbocycles. The van der Waals surface area contributed by atoms with Gasteiger partial charge in [-0.05, 0) is 60.4 Å². The van der Waals surface area contributed by atoms with Crippen LogP contribution in [-0.4, -0.2) is 0 Å². The van der Waals surface area contributed by atoms with Gasteiger partial charge in [0, 0.05) is 17.7 Å². The SMILES string of the molecule is CCCc1ccc(C2=CCC(c3ccc(C(F)(F)Oc4cc(F)c(F)c(F)c4)c(F)c3)CC2)c(F)c1F. The first-order chi connectivity index (χ1) is 17.5. The van der Waals surface area contributed by atoms with Crippen LogP contribution in [-0.2, 0) is 12.5 Å². The van der Waals surface area contributed by atoms with Gasteiger partial charge < -0.3 is 4.74 Å². The normalized spacial score (nSPS) is 16.0. The quantitative estimate of drug-likeness (QED) is 0.221. The van der Waals surface area contributed by atoms with E-state index in [4.69, 9.17) is 0 Å². The Hall–Kier alpha value is -3.36. The Kier molecular flexibility index (Phi) is 7.62. The number of allylic oxidation sites excluding steroid dienone is 2. The molecule has 4 rings (SSSR count). The molecule has 1 unspecified atom stereocenters. The molecule has 0 fully saturated rings. The summed E-state index contributed by atoms with van der Waals surface area (Å²) in [5.74, 6) is -9.66. The van der Waals surface area contributed by atoms with Gasteiger partial charge in [-0.2, -0.15) is 8.78 Å². The van der Waals surface area contributed by atoms with E-state index in [-0.39, 0.29) is 23.6 Å². The van der Waals surface area contributed by atoms with Crippen LogP contribution in [0.15, 0.2) is 48.5 Å². The molecule has 1 nitrogen and oxygen atoms in total. The number of benzene rings is 3. The van der Waals surface area contributed by atoms with Crippen LogP contribution in [0, 0.1) is 34.9 Å². The van der Waals surface area contributed by atoms with E-state index >= 15 is 0 Å². The van der Waals surface area contributed by atoms with E-state index in [0.717, 1.165) is 12.1 Å². The van der Waals surface area contributed by atoms with E-state index in [2.05, 4.69) is 4.74 Å². The molecule has 0 amide bonds. The first-order valence-corrected chi connectivity index (χ1v) is 11.7. The summed E-state index contributed by atoms with van der Waals surface area (Å²) in [6.07, 6.45) is -0.295. The fraction of sp³-hybridized carbons (Fsp3) is 0.286. The highest BCUT2D eigenvalue weighted by molar-refractivity contribution is 5.67. The largest absolute Gasteiger partial charge is 0.429 e. The lowest BCUT2D eigenvalue weighted by molar-refractivity contribution is -0.187. The van der Waals surface area contributed by atoms with Gasteiger partial charge in [-0.15, -0.1) is 0 Å². The molecule has 0 radical (unpaired) electrons. The summed E-state index contributed by atoms with van der Waals surface area (Å²) in [6.45, 7) is 1.87. The molecule has 196 valence electrons. The van der Waals surface area contributed by atoms with Crippen LogP contribution in [0.4, 0.5) is 35.1 Å². The van der Waals surface area contributed by atoms with Crippen LogP contribution < -0.4 is 4.74 Å². The lowest BCUT2D eigenvalue weighted by Gasteiger charge is -2.24. The Bertz CT molecular complexity index is 1330. The monoisotopic (exact) mass is 526 g/mol. The Balaban J connectivity index is 1.50. The third kappa shape index (κ3) is 5.50. The van der Waals surface area contributed by atoms with Crippen LogP contribution in [0.3, 0.4) is 0 Å². The van der Waals surface area contributed by atoms with Crippen LogP contribution >= 0.6 is 0 Å². The van der Waals surface area contributed by atoms with Gasteiger partial charge in [-0.3, -0.25) is 0 Å². The fourth-order valence-electron chi connectivity index (χ4n) is 4.50. The lowest BCUT2D eigenvalue weighted by atomic mass is 9.82. The number of rotatable bonds is 7. The highest BCUT2D eigenvalue weighted by Gasteiger charge is 2.38. The van der Waals surface area contributed by atoms with Crippen molar-refractivity contribution in [2.75, 3.05) is 0 Å². The molecule has 3 aromatic rings. The highest BCUT2D eigenvalue weighted by atomic mass is 19.3. The molecule has 0 aliphatic heterocycles. The van der Waals surface area contributed by atoms with Crippen LogP contribution in [0.1, 0.15) is 60.8 Å². The van der Waals surface area contributed by atoms with Gasteiger partial charge in [-0.1, -0.05) is 37.6 Å². The van der Waals surface area contributed by atoms with E-state index in [1.165, 1.54) is 6.07 Å². The van der Waals surface area contributed by atoms with Crippen molar-refractivity contribution in [1.29, 1.82) is 0 Å². The van der Waals surface area contributed by atoms with Gasteiger partial charge in [-0.25, -0.2) is 26.3 Å². The predicted molar refractivity (Wildman–Crippen MR) is 122 cm³/mol. The number of hydrogen-bond acceptors (Lipinski definition) is 1. The Morgan fingerprint density at radius 2 is 1.54 bits per heavy atom. The minimum absolute atomic E-state index is 0.169. The molecule has 1 atom stereocenters. The third-order valence-corrected chi connectivity index (χ3v) is 6.42. The summed E-state index contributed by atoms with van der Waals surface area (Å²) < 4.78 is 117. The van der Waals surface area contributed by atoms with Crippen LogP contribution in [0.2, 0.25) is 0 Å². The predicted octanol–water partition coefficient (Wildman–Crippen LogP) is 8.95. The Morgan fingerprint density at radius 1 is 0.838 bits per heavy atom. The summed E-state index contributed by atoms with van der Waals surface area (Å²) in [4.78, 5) is 0. The Morgan fingerprint density at radius 3 is 2.14 bits per heavy atom. The lowest BCUT2D eigenvalue weighted by Crippen LogP contribution is -2.24. The molecule has 0 heterocycles. The van der Waals surface area contributed by atoms with Crippen molar-refractivity contribution in [3.8, 4) is 5.75 Å². The molecule has 1 aliphatic rings. The van der Waals surface area contributed by atoms with E-state index in [0.29, 0.717) is 48.8 Å². The molecule has 37 heavy (non-hydrogen) atoms. The summed E-state index contributed by atoms with van der Waals surface area (Å²) in [7, 11) is 0. The van der Waals surface area contributed by atoms with Gasteiger partial charge in [0.05, 0.1) is 5.56 Å². The summed E-state index contributed by atoms with van der Waals surface area (Å²) >= 11 is 0. The minimum Gasteiger partial charge on any atom is -0.429 e. The van der Waals surface area contributed by atoms with Gasteiger partial charge in [0.1, 0.15) is 11.6 Å². The van der Waals surface area contributed by atoms with Gasteiger partial charge in [0.15, 0.2) is 29.1 Å². The highest BCUT2D eigenvalue weighted by Crippen LogP contribution is 2.40. The third-order valence-electron chi connectivity index (χ3n) is 6.42. The maximum Gasteiger partial charge on any atom is 0.429 e. The molecule has 0 N–H and O–H groups in total. The standard InChI is InChI=1S/C28H22F8O/c1-2-3-17-8-10-20(26(33)25(17)32)16-6-4-15(5-7-16)18-9-11-21(22(29)12-18)28(35,36)37-19-13-23(30)27(34)24(31)14-19/h6,8-15H,2-5,7H2,1H3. The van der Waals surface area contributed by atoms with Gasteiger partial charge in [0.25, 0.3) is 0 Å². The smallest absolute Gasteiger partial charge is 0.429 e. The zero-order valence-electron chi connectivity index (χ0n) is 19.7. The van der Waals surface area contributed by atoms with Crippen molar-refractivity contribution >= 4 is 5.57 Å².